The third-order valence-electron chi connectivity index (χ3n) is 2.15. The van der Waals surface area contributed by atoms with Gasteiger partial charge in [0.1, 0.15) is 5.78 Å². The van der Waals surface area contributed by atoms with Crippen LogP contribution in [0, 0.1) is 0 Å². The Labute approximate surface area is 90.4 Å². The van der Waals surface area contributed by atoms with E-state index in [-0.39, 0.29) is 0 Å². The maximum absolute atomic E-state index is 11.2. The van der Waals surface area contributed by atoms with E-state index >= 15 is 0 Å². The molecule has 0 aliphatic rings. The Morgan fingerprint density at radius 2 is 1.62 bits per heavy atom. The van der Waals surface area contributed by atoms with Crippen LogP contribution in [0.15, 0.2) is 0 Å². The first kappa shape index (κ1) is 13.2. The van der Waals surface area contributed by atoms with Gasteiger partial charge in [-0.15, -0.1) is 0 Å². The highest BCUT2D eigenvalue weighted by atomic mass is 79.9. The van der Waals surface area contributed by atoms with E-state index in [1.807, 2.05) is 0 Å². The van der Waals surface area contributed by atoms with Crippen molar-refractivity contribution in [1.29, 1.82) is 0 Å². The van der Waals surface area contributed by atoms with E-state index in [1.54, 1.807) is 0 Å². The van der Waals surface area contributed by atoms with Crippen molar-refractivity contribution < 1.29 is 4.79 Å². The fourth-order valence-electron chi connectivity index (χ4n) is 1.31. The van der Waals surface area contributed by atoms with Crippen LogP contribution in [0.4, 0.5) is 0 Å². The minimum Gasteiger partial charge on any atom is -0.300 e. The summed E-state index contributed by atoms with van der Waals surface area (Å²) in [6.45, 7) is 2.21. The Kier molecular flexibility index (Phi) is 10.4. The summed E-state index contributed by atoms with van der Waals surface area (Å²) in [5, 5.41) is 0.953. The van der Waals surface area contributed by atoms with Crippen molar-refractivity contribution in [3.63, 3.8) is 0 Å². The van der Waals surface area contributed by atoms with E-state index in [1.165, 1.54) is 25.7 Å². The second-order valence-corrected chi connectivity index (χ2v) is 4.29. The third-order valence-corrected chi connectivity index (χ3v) is 2.71. The summed E-state index contributed by atoms with van der Waals surface area (Å²) in [6.07, 6.45) is 8.77. The minimum atomic E-state index is 0.441. The van der Waals surface area contributed by atoms with E-state index in [0.717, 1.165) is 31.0 Å². The number of halogens is 1. The molecular formula is C11H21BrO. The highest BCUT2D eigenvalue weighted by molar-refractivity contribution is 9.09. The fraction of sp³-hybridized carbons (Fsp3) is 0.909. The molecule has 0 heterocycles. The summed E-state index contributed by atoms with van der Waals surface area (Å²) in [6, 6.07) is 0. The molecule has 0 radical (unpaired) electrons. The van der Waals surface area contributed by atoms with Gasteiger partial charge in [-0.2, -0.15) is 0 Å². The average molecular weight is 249 g/mol. The monoisotopic (exact) mass is 248 g/mol. The maximum atomic E-state index is 11.2. The number of alkyl halides is 1. The van der Waals surface area contributed by atoms with Gasteiger partial charge in [-0.1, -0.05) is 48.5 Å². The number of hydrogen-bond donors (Lipinski definition) is 0. The van der Waals surface area contributed by atoms with Crippen LogP contribution in [0.5, 0.6) is 0 Å². The lowest BCUT2D eigenvalue weighted by Crippen LogP contribution is -1.97. The summed E-state index contributed by atoms with van der Waals surface area (Å²) in [4.78, 5) is 11.2. The first-order valence-electron chi connectivity index (χ1n) is 5.39. The number of unbranched alkanes of at least 4 members (excludes halogenated alkanes) is 4. The van der Waals surface area contributed by atoms with Crippen molar-refractivity contribution in [3.8, 4) is 0 Å². The molecule has 0 aromatic carbocycles. The Balaban J connectivity index is 3.08. The summed E-state index contributed by atoms with van der Waals surface area (Å²) in [5.74, 6) is 0.441. The molecule has 2 heteroatoms. The minimum absolute atomic E-state index is 0.441. The summed E-state index contributed by atoms with van der Waals surface area (Å²) in [5.41, 5.74) is 0. The van der Waals surface area contributed by atoms with Crippen LogP contribution in [-0.4, -0.2) is 11.1 Å². The lowest BCUT2D eigenvalue weighted by atomic mass is 10.1. The van der Waals surface area contributed by atoms with Crippen molar-refractivity contribution in [1.82, 2.24) is 0 Å². The van der Waals surface area contributed by atoms with Gasteiger partial charge in [-0.3, -0.25) is 4.79 Å². The van der Waals surface area contributed by atoms with Crippen LogP contribution in [0.3, 0.4) is 0 Å². The number of carbonyl (C=O) groups is 1. The van der Waals surface area contributed by atoms with Crippen molar-refractivity contribution >= 4 is 21.7 Å². The van der Waals surface area contributed by atoms with Crippen LogP contribution in [0.25, 0.3) is 0 Å². The standard InChI is InChI=1S/C11H21BrO/c1-2-3-4-5-6-8-11(13)9-7-10-12/h2-10H2,1H3. The first-order valence-corrected chi connectivity index (χ1v) is 6.51. The molecule has 78 valence electrons. The van der Waals surface area contributed by atoms with Gasteiger partial charge >= 0.3 is 0 Å². The Morgan fingerprint density at radius 1 is 1.00 bits per heavy atom. The summed E-state index contributed by atoms with van der Waals surface area (Å²) >= 11 is 3.33. The molecule has 0 aliphatic heterocycles. The molecule has 0 spiro atoms. The normalized spacial score (nSPS) is 10.3. The van der Waals surface area contributed by atoms with Crippen LogP contribution in [0.2, 0.25) is 0 Å². The lowest BCUT2D eigenvalue weighted by Gasteiger charge is -1.99. The van der Waals surface area contributed by atoms with Gasteiger partial charge in [0, 0.05) is 18.2 Å². The third kappa shape index (κ3) is 10.1. The van der Waals surface area contributed by atoms with Crippen molar-refractivity contribution in [2.75, 3.05) is 5.33 Å². The zero-order valence-electron chi connectivity index (χ0n) is 8.65. The van der Waals surface area contributed by atoms with Crippen LogP contribution >= 0.6 is 15.9 Å². The number of Topliss-reactive ketones (excluding diaryl/α,β-unsaturated/α-hetero) is 1. The molecule has 0 unspecified atom stereocenters. The average Bonchev–Trinajstić information content (AvgIpc) is 2.14. The van der Waals surface area contributed by atoms with E-state index < -0.39 is 0 Å². The maximum Gasteiger partial charge on any atom is 0.132 e. The molecular weight excluding hydrogens is 228 g/mol. The summed E-state index contributed by atoms with van der Waals surface area (Å²) in [7, 11) is 0. The SMILES string of the molecule is CCCCCCCC(=O)CCCBr. The number of rotatable bonds is 9. The van der Waals surface area contributed by atoms with E-state index in [0.29, 0.717) is 5.78 Å². The smallest absolute Gasteiger partial charge is 0.132 e. The van der Waals surface area contributed by atoms with Gasteiger partial charge in [-0.05, 0) is 12.8 Å². The van der Waals surface area contributed by atoms with Gasteiger partial charge in [-0.25, -0.2) is 0 Å². The van der Waals surface area contributed by atoms with Gasteiger partial charge in [0.05, 0.1) is 0 Å². The second-order valence-electron chi connectivity index (χ2n) is 3.50. The van der Waals surface area contributed by atoms with E-state index in [4.69, 9.17) is 0 Å². The highest BCUT2D eigenvalue weighted by Gasteiger charge is 2.00. The number of hydrogen-bond acceptors (Lipinski definition) is 1. The molecule has 13 heavy (non-hydrogen) atoms. The molecule has 0 saturated heterocycles. The van der Waals surface area contributed by atoms with E-state index in [9.17, 15) is 4.79 Å². The molecule has 0 rings (SSSR count). The molecule has 0 aromatic heterocycles. The van der Waals surface area contributed by atoms with Crippen molar-refractivity contribution in [2.24, 2.45) is 0 Å². The number of carbonyl (C=O) groups excluding carboxylic acids is 1. The van der Waals surface area contributed by atoms with Crippen molar-refractivity contribution in [2.45, 2.75) is 58.3 Å². The van der Waals surface area contributed by atoms with Gasteiger partial charge < -0.3 is 0 Å². The van der Waals surface area contributed by atoms with E-state index in [2.05, 4.69) is 22.9 Å². The van der Waals surface area contributed by atoms with Crippen molar-refractivity contribution in [3.05, 3.63) is 0 Å². The first-order chi connectivity index (χ1) is 6.31. The predicted molar refractivity (Wildman–Crippen MR) is 61.4 cm³/mol. The highest BCUT2D eigenvalue weighted by Crippen LogP contribution is 2.07. The number of ketones is 1. The predicted octanol–water partition coefficient (Wildman–Crippen LogP) is 4.09. The van der Waals surface area contributed by atoms with Gasteiger partial charge in [0.15, 0.2) is 0 Å². The molecule has 0 fully saturated rings. The molecule has 0 aliphatic carbocycles. The second kappa shape index (κ2) is 10.2. The molecule has 0 N–H and O–H groups in total. The van der Waals surface area contributed by atoms with Crippen LogP contribution in [0.1, 0.15) is 58.3 Å². The Hall–Kier alpha value is 0.150. The molecule has 0 atom stereocenters. The van der Waals surface area contributed by atoms with Gasteiger partial charge in [0.25, 0.3) is 0 Å². The van der Waals surface area contributed by atoms with Crippen LogP contribution in [-0.2, 0) is 4.79 Å². The largest absolute Gasteiger partial charge is 0.300 e. The molecule has 0 aromatic rings. The molecule has 0 amide bonds. The zero-order chi connectivity index (χ0) is 9.94. The lowest BCUT2D eigenvalue weighted by molar-refractivity contribution is -0.119. The fourth-order valence-corrected chi connectivity index (χ4v) is 1.60. The van der Waals surface area contributed by atoms with Gasteiger partial charge in [0.2, 0.25) is 0 Å². The Bertz CT molecular complexity index is 123. The molecule has 0 saturated carbocycles. The van der Waals surface area contributed by atoms with Crippen LogP contribution < -0.4 is 0 Å². The molecule has 1 nitrogen and oxygen atoms in total. The molecule has 0 bridgehead atoms. The quantitative estimate of drug-likeness (QED) is 0.444. The summed E-state index contributed by atoms with van der Waals surface area (Å²) < 4.78 is 0. The Morgan fingerprint density at radius 3 is 2.23 bits per heavy atom. The zero-order valence-corrected chi connectivity index (χ0v) is 10.2. The topological polar surface area (TPSA) is 17.1 Å².